The van der Waals surface area contributed by atoms with Crippen molar-refractivity contribution in [3.05, 3.63) is 29.8 Å². The van der Waals surface area contributed by atoms with Crippen LogP contribution in [-0.4, -0.2) is 22.1 Å². The lowest BCUT2D eigenvalue weighted by Crippen LogP contribution is -2.19. The van der Waals surface area contributed by atoms with Gasteiger partial charge in [0.25, 0.3) is 0 Å². The van der Waals surface area contributed by atoms with Crippen LogP contribution in [0.15, 0.2) is 39.4 Å². The molecule has 23 heavy (non-hydrogen) atoms. The maximum Gasteiger partial charge on any atom is 0.128 e. The fraction of sp³-hybridized carbons (Fsp3) is 0.684. The molecule has 0 amide bonds. The number of azo groups is 1. The quantitative estimate of drug-likeness (QED) is 0.526. The molecule has 0 bridgehead atoms. The van der Waals surface area contributed by atoms with Gasteiger partial charge in [-0.15, -0.1) is 0 Å². The van der Waals surface area contributed by atoms with E-state index < -0.39 is 0 Å². The molecule has 1 N–H and O–H groups in total. The van der Waals surface area contributed by atoms with Gasteiger partial charge in [-0.2, -0.15) is 10.2 Å². The lowest BCUT2D eigenvalue weighted by molar-refractivity contribution is 0.277. The third-order valence-electron chi connectivity index (χ3n) is 3.42. The predicted octanol–water partition coefficient (Wildman–Crippen LogP) is 5.82. The number of aliphatic hydroxyl groups excluding tert-OH is 1. The van der Waals surface area contributed by atoms with Crippen molar-refractivity contribution in [2.24, 2.45) is 10.2 Å². The zero-order chi connectivity index (χ0) is 17.7. The maximum atomic E-state index is 9.17. The minimum absolute atomic E-state index is 0.162. The molecule has 0 saturated heterocycles. The summed E-state index contributed by atoms with van der Waals surface area (Å²) < 4.78 is 0. The van der Waals surface area contributed by atoms with E-state index >= 15 is 0 Å². The summed E-state index contributed by atoms with van der Waals surface area (Å²) >= 11 is 1.72. The van der Waals surface area contributed by atoms with Crippen LogP contribution in [0.4, 0.5) is 0 Å². The Kier molecular flexibility index (Phi) is 6.84. The van der Waals surface area contributed by atoms with Crippen molar-refractivity contribution < 1.29 is 5.11 Å². The zero-order valence-electron chi connectivity index (χ0n) is 15.7. The summed E-state index contributed by atoms with van der Waals surface area (Å²) in [6.07, 6.45) is 1.53. The average Bonchev–Trinajstić information content (AvgIpc) is 2.42. The number of benzene rings is 1. The van der Waals surface area contributed by atoms with Gasteiger partial charge in [-0.3, -0.25) is 0 Å². The smallest absolute Gasteiger partial charge is 0.128 e. The van der Waals surface area contributed by atoms with Crippen molar-refractivity contribution in [2.45, 2.75) is 82.0 Å². The van der Waals surface area contributed by atoms with Gasteiger partial charge < -0.3 is 5.11 Å². The van der Waals surface area contributed by atoms with Gasteiger partial charge in [0, 0.05) is 11.5 Å². The minimum atomic E-state index is -0.348. The zero-order valence-corrected chi connectivity index (χ0v) is 16.5. The summed E-state index contributed by atoms with van der Waals surface area (Å²) in [7, 11) is 0. The van der Waals surface area contributed by atoms with E-state index in [1.165, 1.54) is 10.5 Å². The molecule has 0 spiro atoms. The van der Waals surface area contributed by atoms with Crippen molar-refractivity contribution in [3.8, 4) is 0 Å². The molecule has 4 heteroatoms. The molecular weight excluding hydrogens is 304 g/mol. The Bertz CT molecular complexity index is 512. The molecule has 0 heterocycles. The Morgan fingerprint density at radius 3 is 1.91 bits per heavy atom. The van der Waals surface area contributed by atoms with Crippen LogP contribution in [0.5, 0.6) is 0 Å². The van der Waals surface area contributed by atoms with Gasteiger partial charge in [-0.1, -0.05) is 44.7 Å². The summed E-state index contributed by atoms with van der Waals surface area (Å²) in [5, 5.41) is 18.2. The molecule has 0 aromatic heterocycles. The molecule has 0 fully saturated rings. The Hall–Kier alpha value is -0.870. The van der Waals surface area contributed by atoms with Gasteiger partial charge in [-0.25, -0.2) is 0 Å². The standard InChI is InChI=1S/C19H32N2OS/c1-17(2,3)15-9-11-16(12-10-15)23-19(7,13-8-14-22)21-20-18(4,5)6/h9-12,22H,8,13-14H2,1-7H3. The van der Waals surface area contributed by atoms with Crippen LogP contribution in [0.1, 0.15) is 66.9 Å². The SMILES string of the molecule is CC(C)(C)N=NC(C)(CCCO)Sc1ccc(C(C)(C)C)cc1. The first-order valence-electron chi connectivity index (χ1n) is 8.30. The topological polar surface area (TPSA) is 45.0 Å². The first kappa shape index (κ1) is 20.2. The Labute approximate surface area is 146 Å². The first-order chi connectivity index (χ1) is 10.5. The van der Waals surface area contributed by atoms with E-state index in [-0.39, 0.29) is 22.4 Å². The van der Waals surface area contributed by atoms with E-state index in [0.29, 0.717) is 0 Å². The largest absolute Gasteiger partial charge is 0.396 e. The fourth-order valence-corrected chi connectivity index (χ4v) is 3.17. The van der Waals surface area contributed by atoms with Gasteiger partial charge in [0.2, 0.25) is 0 Å². The molecule has 0 aliphatic heterocycles. The van der Waals surface area contributed by atoms with E-state index in [1.807, 2.05) is 20.8 Å². The molecule has 0 radical (unpaired) electrons. The highest BCUT2D eigenvalue weighted by Gasteiger charge is 2.26. The first-order valence-corrected chi connectivity index (χ1v) is 9.11. The Balaban J connectivity index is 2.94. The molecule has 1 atom stereocenters. The average molecular weight is 337 g/mol. The minimum Gasteiger partial charge on any atom is -0.396 e. The molecule has 130 valence electrons. The second kappa shape index (κ2) is 7.80. The normalized spacial score (nSPS) is 15.8. The fourth-order valence-electron chi connectivity index (χ4n) is 2.06. The summed E-state index contributed by atoms with van der Waals surface area (Å²) in [4.78, 5) is 0.838. The van der Waals surface area contributed by atoms with Gasteiger partial charge in [-0.05, 0) is 63.6 Å². The van der Waals surface area contributed by atoms with Gasteiger partial charge in [0.15, 0.2) is 0 Å². The highest BCUT2D eigenvalue weighted by atomic mass is 32.2. The van der Waals surface area contributed by atoms with Crippen LogP contribution < -0.4 is 0 Å². The molecular formula is C19H32N2OS. The van der Waals surface area contributed by atoms with E-state index in [0.717, 1.165) is 12.8 Å². The van der Waals surface area contributed by atoms with E-state index in [9.17, 15) is 0 Å². The third-order valence-corrected chi connectivity index (χ3v) is 4.65. The number of rotatable bonds is 6. The second-order valence-electron chi connectivity index (χ2n) is 8.25. The van der Waals surface area contributed by atoms with Crippen molar-refractivity contribution >= 4 is 11.8 Å². The van der Waals surface area contributed by atoms with E-state index in [4.69, 9.17) is 5.11 Å². The van der Waals surface area contributed by atoms with Crippen molar-refractivity contribution in [3.63, 3.8) is 0 Å². The van der Waals surface area contributed by atoms with Crippen molar-refractivity contribution in [2.75, 3.05) is 6.61 Å². The van der Waals surface area contributed by atoms with Crippen LogP contribution in [0, 0.1) is 0 Å². The van der Waals surface area contributed by atoms with Crippen molar-refractivity contribution in [1.82, 2.24) is 0 Å². The van der Waals surface area contributed by atoms with Crippen LogP contribution in [-0.2, 0) is 5.41 Å². The lowest BCUT2D eigenvalue weighted by Gasteiger charge is -2.25. The van der Waals surface area contributed by atoms with Crippen LogP contribution in [0.2, 0.25) is 0 Å². The van der Waals surface area contributed by atoms with Crippen LogP contribution >= 0.6 is 11.8 Å². The summed E-state index contributed by atoms with van der Waals surface area (Å²) in [6, 6.07) is 8.70. The van der Waals surface area contributed by atoms with Crippen LogP contribution in [0.3, 0.4) is 0 Å². The van der Waals surface area contributed by atoms with Crippen molar-refractivity contribution in [1.29, 1.82) is 0 Å². The summed E-state index contributed by atoms with van der Waals surface area (Å²) in [5.74, 6) is 0. The lowest BCUT2D eigenvalue weighted by atomic mass is 9.87. The number of thioether (sulfide) groups is 1. The number of aliphatic hydroxyl groups is 1. The monoisotopic (exact) mass is 336 g/mol. The second-order valence-corrected chi connectivity index (χ2v) is 9.80. The third kappa shape index (κ3) is 7.49. The van der Waals surface area contributed by atoms with E-state index in [1.54, 1.807) is 11.8 Å². The maximum absolute atomic E-state index is 9.17. The number of hydrogen-bond donors (Lipinski definition) is 1. The number of nitrogens with zero attached hydrogens (tertiary/aromatic N) is 2. The molecule has 1 unspecified atom stereocenters. The molecule has 1 aromatic rings. The molecule has 0 aliphatic rings. The molecule has 1 rings (SSSR count). The molecule has 0 aliphatic carbocycles. The van der Waals surface area contributed by atoms with Gasteiger partial charge in [0.1, 0.15) is 4.87 Å². The summed E-state index contributed by atoms with van der Waals surface area (Å²) in [6.45, 7) is 15.1. The highest BCUT2D eigenvalue weighted by molar-refractivity contribution is 8.00. The Morgan fingerprint density at radius 1 is 0.913 bits per heavy atom. The predicted molar refractivity (Wildman–Crippen MR) is 100 cm³/mol. The van der Waals surface area contributed by atoms with Crippen LogP contribution in [0.25, 0.3) is 0 Å². The molecule has 0 saturated carbocycles. The molecule has 3 nitrogen and oxygen atoms in total. The molecule has 1 aromatic carbocycles. The van der Waals surface area contributed by atoms with Gasteiger partial charge in [0.05, 0.1) is 5.54 Å². The highest BCUT2D eigenvalue weighted by Crippen LogP contribution is 2.39. The number of hydrogen-bond acceptors (Lipinski definition) is 4. The van der Waals surface area contributed by atoms with E-state index in [2.05, 4.69) is 62.2 Å². The Morgan fingerprint density at radius 2 is 1.48 bits per heavy atom. The van der Waals surface area contributed by atoms with Gasteiger partial charge >= 0.3 is 0 Å². The summed E-state index contributed by atoms with van der Waals surface area (Å²) in [5.41, 5.74) is 1.31.